The molecule has 1 aliphatic rings. The molecule has 0 heterocycles. The van der Waals surface area contributed by atoms with Gasteiger partial charge >= 0.3 is 0 Å². The molecule has 1 N–H and O–H groups in total. The maximum Gasteiger partial charge on any atom is 0.243 e. The smallest absolute Gasteiger partial charge is 0.243 e. The number of hydrogen-bond acceptors (Lipinski definition) is 2. The van der Waals surface area contributed by atoms with E-state index in [9.17, 15) is 9.59 Å². The summed E-state index contributed by atoms with van der Waals surface area (Å²) in [7, 11) is 0. The van der Waals surface area contributed by atoms with E-state index in [0.717, 1.165) is 53.5 Å². The molecule has 0 aliphatic heterocycles. The highest BCUT2D eigenvalue weighted by atomic mass is 35.5. The summed E-state index contributed by atoms with van der Waals surface area (Å²) in [6.45, 7) is 4.25. The lowest BCUT2D eigenvalue weighted by Gasteiger charge is -2.33. The molecular formula is C31H34Cl2N2O2. The summed E-state index contributed by atoms with van der Waals surface area (Å²) in [4.78, 5) is 29.5. The predicted octanol–water partition coefficient (Wildman–Crippen LogP) is 6.85. The van der Waals surface area contributed by atoms with Gasteiger partial charge in [0.05, 0.1) is 6.42 Å². The van der Waals surface area contributed by atoms with Crippen molar-refractivity contribution >= 4 is 35.0 Å². The first-order valence-corrected chi connectivity index (χ1v) is 13.7. The highest BCUT2D eigenvalue weighted by Crippen LogP contribution is 2.26. The van der Waals surface area contributed by atoms with Crippen LogP contribution in [0, 0.1) is 13.8 Å². The van der Waals surface area contributed by atoms with Crippen molar-refractivity contribution in [2.24, 2.45) is 0 Å². The minimum atomic E-state index is -0.674. The van der Waals surface area contributed by atoms with Crippen molar-refractivity contribution < 1.29 is 9.59 Å². The Morgan fingerprint density at radius 1 is 0.946 bits per heavy atom. The second-order valence-electron chi connectivity index (χ2n) is 10.1. The van der Waals surface area contributed by atoms with Crippen LogP contribution in [0.4, 0.5) is 0 Å². The first-order valence-electron chi connectivity index (χ1n) is 12.9. The maximum atomic E-state index is 14.0. The fraction of sp³-hybridized carbons (Fsp3) is 0.355. The van der Waals surface area contributed by atoms with Crippen molar-refractivity contribution in [2.75, 3.05) is 0 Å². The van der Waals surface area contributed by atoms with Crippen LogP contribution in [0.2, 0.25) is 10.0 Å². The average Bonchev–Trinajstić information content (AvgIpc) is 3.38. The number of nitrogens with one attached hydrogen (secondary N) is 1. The molecule has 194 valence electrons. The summed E-state index contributed by atoms with van der Waals surface area (Å²) < 4.78 is 0. The number of benzene rings is 3. The molecule has 3 aromatic carbocycles. The number of carbonyl (C=O) groups excluding carboxylic acids is 2. The first-order chi connectivity index (χ1) is 17.8. The number of amides is 2. The molecule has 37 heavy (non-hydrogen) atoms. The molecule has 2 amide bonds. The number of rotatable bonds is 9. The van der Waals surface area contributed by atoms with Gasteiger partial charge in [-0.05, 0) is 61.1 Å². The number of aryl methyl sites for hydroxylation is 2. The van der Waals surface area contributed by atoms with E-state index < -0.39 is 6.04 Å². The number of hydrogen-bond donors (Lipinski definition) is 1. The molecule has 0 bridgehead atoms. The minimum absolute atomic E-state index is 0.109. The van der Waals surface area contributed by atoms with E-state index in [-0.39, 0.29) is 30.8 Å². The van der Waals surface area contributed by atoms with E-state index in [1.807, 2.05) is 68.4 Å². The largest absolute Gasteiger partial charge is 0.352 e. The van der Waals surface area contributed by atoms with Gasteiger partial charge in [-0.1, -0.05) is 96.2 Å². The van der Waals surface area contributed by atoms with Gasteiger partial charge in [0, 0.05) is 29.1 Å². The van der Waals surface area contributed by atoms with Crippen molar-refractivity contribution in [3.05, 3.63) is 105 Å². The third-order valence-electron chi connectivity index (χ3n) is 7.17. The molecule has 0 spiro atoms. The summed E-state index contributed by atoms with van der Waals surface area (Å²) >= 11 is 12.7. The van der Waals surface area contributed by atoms with E-state index in [1.54, 1.807) is 17.0 Å². The van der Waals surface area contributed by atoms with Crippen LogP contribution in [-0.4, -0.2) is 28.8 Å². The van der Waals surface area contributed by atoms with E-state index in [4.69, 9.17) is 23.2 Å². The highest BCUT2D eigenvalue weighted by molar-refractivity contribution is 6.35. The van der Waals surface area contributed by atoms with Gasteiger partial charge in [0.1, 0.15) is 6.04 Å². The highest BCUT2D eigenvalue weighted by Gasteiger charge is 2.32. The monoisotopic (exact) mass is 536 g/mol. The lowest BCUT2D eigenvalue weighted by atomic mass is 9.99. The van der Waals surface area contributed by atoms with Crippen molar-refractivity contribution in [3.8, 4) is 0 Å². The lowest BCUT2D eigenvalue weighted by Crippen LogP contribution is -2.52. The van der Waals surface area contributed by atoms with Gasteiger partial charge in [0.2, 0.25) is 11.8 Å². The van der Waals surface area contributed by atoms with Crippen molar-refractivity contribution in [3.63, 3.8) is 0 Å². The number of nitrogens with zero attached hydrogens (tertiary/aromatic N) is 1. The van der Waals surface area contributed by atoms with Gasteiger partial charge in [-0.25, -0.2) is 0 Å². The topological polar surface area (TPSA) is 49.4 Å². The van der Waals surface area contributed by atoms with Crippen LogP contribution in [0.3, 0.4) is 0 Å². The standard InChI is InChI=1S/C31H34Cl2N2O2/c1-21-12-13-22(2)25(16-21)18-30(36)35(20-24-14-15-26(32)19-28(24)33)29(17-23-8-4-3-5-9-23)31(37)34-27-10-6-7-11-27/h3-5,8-9,12-16,19,27,29H,6-7,10-11,17-18,20H2,1-2H3,(H,34,37)/t29-/m0/s1. The van der Waals surface area contributed by atoms with E-state index in [2.05, 4.69) is 5.32 Å². The fourth-order valence-corrected chi connectivity index (χ4v) is 5.48. The first kappa shape index (κ1) is 27.2. The van der Waals surface area contributed by atoms with Crippen LogP contribution in [0.15, 0.2) is 66.7 Å². The predicted molar refractivity (Wildman–Crippen MR) is 151 cm³/mol. The zero-order chi connectivity index (χ0) is 26.4. The Morgan fingerprint density at radius 2 is 1.68 bits per heavy atom. The van der Waals surface area contributed by atoms with Crippen LogP contribution in [-0.2, 0) is 29.0 Å². The SMILES string of the molecule is Cc1ccc(C)c(CC(=O)N(Cc2ccc(Cl)cc2Cl)[C@@H](Cc2ccccc2)C(=O)NC2CCCC2)c1. The van der Waals surface area contributed by atoms with Gasteiger partial charge < -0.3 is 10.2 Å². The summed E-state index contributed by atoms with van der Waals surface area (Å²) in [5.74, 6) is -0.225. The fourth-order valence-electron chi connectivity index (χ4n) is 5.01. The summed E-state index contributed by atoms with van der Waals surface area (Å²) in [5, 5.41) is 4.25. The Morgan fingerprint density at radius 3 is 2.38 bits per heavy atom. The molecule has 1 atom stereocenters. The molecule has 6 heteroatoms. The molecule has 0 unspecified atom stereocenters. The number of carbonyl (C=O) groups is 2. The lowest BCUT2D eigenvalue weighted by molar-refractivity contribution is -0.141. The Bertz CT molecular complexity index is 1240. The third-order valence-corrected chi connectivity index (χ3v) is 7.76. The zero-order valence-electron chi connectivity index (χ0n) is 21.5. The molecule has 1 aliphatic carbocycles. The van der Waals surface area contributed by atoms with Gasteiger partial charge in [0.25, 0.3) is 0 Å². The van der Waals surface area contributed by atoms with Crippen molar-refractivity contribution in [1.82, 2.24) is 10.2 Å². The molecule has 1 saturated carbocycles. The Hall–Kier alpha value is -2.82. The number of halogens is 2. The summed E-state index contributed by atoms with van der Waals surface area (Å²) in [6.07, 6.45) is 4.81. The van der Waals surface area contributed by atoms with Crippen LogP contribution < -0.4 is 5.32 Å². The van der Waals surface area contributed by atoms with E-state index >= 15 is 0 Å². The van der Waals surface area contributed by atoms with E-state index in [1.165, 1.54) is 0 Å². The molecular weight excluding hydrogens is 503 g/mol. The average molecular weight is 538 g/mol. The molecule has 0 radical (unpaired) electrons. The molecule has 0 aromatic heterocycles. The van der Waals surface area contributed by atoms with Gasteiger partial charge in [-0.3, -0.25) is 9.59 Å². The van der Waals surface area contributed by atoms with Gasteiger partial charge in [0.15, 0.2) is 0 Å². The molecule has 1 fully saturated rings. The minimum Gasteiger partial charge on any atom is -0.352 e. The Balaban J connectivity index is 1.70. The van der Waals surface area contributed by atoms with E-state index in [0.29, 0.717) is 16.5 Å². The zero-order valence-corrected chi connectivity index (χ0v) is 23.0. The molecule has 3 aromatic rings. The molecule has 0 saturated heterocycles. The second kappa shape index (κ2) is 12.6. The third kappa shape index (κ3) is 7.37. The normalized spacial score (nSPS) is 14.4. The molecule has 4 nitrogen and oxygen atoms in total. The van der Waals surface area contributed by atoms with Gasteiger partial charge in [-0.2, -0.15) is 0 Å². The Kier molecular flexibility index (Phi) is 9.28. The van der Waals surface area contributed by atoms with Crippen LogP contribution >= 0.6 is 23.2 Å². The molecule has 4 rings (SSSR count). The summed E-state index contributed by atoms with van der Waals surface area (Å²) in [6, 6.07) is 20.7. The quantitative estimate of drug-likeness (QED) is 0.325. The van der Waals surface area contributed by atoms with Crippen molar-refractivity contribution in [1.29, 1.82) is 0 Å². The van der Waals surface area contributed by atoms with Crippen LogP contribution in [0.1, 0.15) is 53.5 Å². The van der Waals surface area contributed by atoms with Gasteiger partial charge in [-0.15, -0.1) is 0 Å². The van der Waals surface area contributed by atoms with Crippen LogP contribution in [0.25, 0.3) is 0 Å². The maximum absolute atomic E-state index is 14.0. The summed E-state index contributed by atoms with van der Waals surface area (Å²) in [5.41, 5.74) is 4.87. The Labute approximate surface area is 230 Å². The van der Waals surface area contributed by atoms with Crippen LogP contribution in [0.5, 0.6) is 0 Å². The van der Waals surface area contributed by atoms with Crippen molar-refractivity contribution in [2.45, 2.75) is 71.0 Å². The second-order valence-corrected chi connectivity index (χ2v) is 10.9.